The van der Waals surface area contributed by atoms with E-state index in [2.05, 4.69) is 4.98 Å². The van der Waals surface area contributed by atoms with Gasteiger partial charge < -0.3 is 5.11 Å². The monoisotopic (exact) mass is 269 g/mol. The van der Waals surface area contributed by atoms with E-state index in [9.17, 15) is 14.7 Å². The first kappa shape index (κ1) is 14.1. The second-order valence-corrected chi connectivity index (χ2v) is 4.38. The molecular weight excluding hydrogens is 254 g/mol. The van der Waals surface area contributed by atoms with Crippen LogP contribution in [-0.4, -0.2) is 21.7 Å². The molecule has 0 radical (unpaired) electrons. The van der Waals surface area contributed by atoms with Crippen molar-refractivity contribution in [1.82, 2.24) is 4.98 Å². The minimum Gasteiger partial charge on any atom is -0.392 e. The smallest absolute Gasteiger partial charge is 0.181 e. The summed E-state index contributed by atoms with van der Waals surface area (Å²) in [5.74, 6) is -0.292. The maximum atomic E-state index is 12.1. The van der Waals surface area contributed by atoms with Crippen LogP contribution in [0.2, 0.25) is 0 Å². The Morgan fingerprint density at radius 3 is 2.35 bits per heavy atom. The van der Waals surface area contributed by atoms with Crippen LogP contribution in [0.25, 0.3) is 0 Å². The summed E-state index contributed by atoms with van der Waals surface area (Å²) in [6, 6.07) is 12.0. The number of nitrogens with zero attached hydrogens (tertiary/aromatic N) is 1. The minimum atomic E-state index is -0.184. The van der Waals surface area contributed by atoms with E-state index < -0.39 is 0 Å². The normalized spacial score (nSPS) is 10.2. The molecule has 0 atom stereocenters. The van der Waals surface area contributed by atoms with Gasteiger partial charge in [0.05, 0.1) is 6.61 Å². The first-order valence-corrected chi connectivity index (χ1v) is 6.38. The molecule has 0 saturated carbocycles. The number of rotatable bonds is 6. The van der Waals surface area contributed by atoms with Gasteiger partial charge in [-0.05, 0) is 17.7 Å². The standard InChI is InChI=1S/C16H15NO3/c18-11-12-5-1-2-6-13(12)15(19)8-9-16(20)14-7-3-4-10-17-14/h1-7,10,18H,8-9,11H2. The van der Waals surface area contributed by atoms with Crippen molar-refractivity contribution in [2.75, 3.05) is 0 Å². The van der Waals surface area contributed by atoms with Gasteiger partial charge in [-0.25, -0.2) is 0 Å². The molecule has 20 heavy (non-hydrogen) atoms. The maximum absolute atomic E-state index is 12.1. The zero-order valence-electron chi connectivity index (χ0n) is 11.0. The van der Waals surface area contributed by atoms with E-state index in [-0.39, 0.29) is 31.0 Å². The molecule has 1 aromatic carbocycles. The van der Waals surface area contributed by atoms with E-state index in [0.717, 1.165) is 0 Å². The van der Waals surface area contributed by atoms with Crippen LogP contribution in [0.1, 0.15) is 39.3 Å². The van der Waals surface area contributed by atoms with E-state index >= 15 is 0 Å². The summed E-state index contributed by atoms with van der Waals surface area (Å²) < 4.78 is 0. The third-order valence-corrected chi connectivity index (χ3v) is 3.02. The molecule has 1 N–H and O–H groups in total. The molecule has 0 aliphatic heterocycles. The fraction of sp³-hybridized carbons (Fsp3) is 0.188. The average molecular weight is 269 g/mol. The van der Waals surface area contributed by atoms with Crippen molar-refractivity contribution in [2.45, 2.75) is 19.4 Å². The SMILES string of the molecule is O=C(CCC(=O)c1ccccc1CO)c1ccccn1. The Balaban J connectivity index is 2.01. The zero-order chi connectivity index (χ0) is 14.4. The third-order valence-electron chi connectivity index (χ3n) is 3.02. The Kier molecular flexibility index (Phi) is 4.74. The van der Waals surface area contributed by atoms with Crippen molar-refractivity contribution >= 4 is 11.6 Å². The van der Waals surface area contributed by atoms with Crippen molar-refractivity contribution in [3.63, 3.8) is 0 Å². The number of hydrogen-bond acceptors (Lipinski definition) is 4. The van der Waals surface area contributed by atoms with Gasteiger partial charge in [0.2, 0.25) is 0 Å². The molecule has 0 aliphatic carbocycles. The van der Waals surface area contributed by atoms with Gasteiger partial charge in [-0.15, -0.1) is 0 Å². The first-order chi connectivity index (χ1) is 9.72. The highest BCUT2D eigenvalue weighted by Gasteiger charge is 2.13. The lowest BCUT2D eigenvalue weighted by atomic mass is 9.99. The Morgan fingerprint density at radius 1 is 0.950 bits per heavy atom. The molecule has 1 aromatic heterocycles. The fourth-order valence-electron chi connectivity index (χ4n) is 1.95. The second kappa shape index (κ2) is 6.73. The molecule has 0 amide bonds. The van der Waals surface area contributed by atoms with Gasteiger partial charge in [0.15, 0.2) is 11.6 Å². The number of ketones is 2. The van der Waals surface area contributed by atoms with E-state index in [0.29, 0.717) is 16.8 Å². The second-order valence-electron chi connectivity index (χ2n) is 4.38. The summed E-state index contributed by atoms with van der Waals surface area (Å²) >= 11 is 0. The van der Waals surface area contributed by atoms with Crippen molar-refractivity contribution in [1.29, 1.82) is 0 Å². The molecule has 2 rings (SSSR count). The molecule has 0 fully saturated rings. The quantitative estimate of drug-likeness (QED) is 0.818. The molecule has 102 valence electrons. The van der Waals surface area contributed by atoms with Crippen LogP contribution in [0.5, 0.6) is 0 Å². The van der Waals surface area contributed by atoms with Gasteiger partial charge in [-0.1, -0.05) is 30.3 Å². The van der Waals surface area contributed by atoms with Gasteiger partial charge >= 0.3 is 0 Å². The maximum Gasteiger partial charge on any atom is 0.181 e. The van der Waals surface area contributed by atoms with Gasteiger partial charge in [0.1, 0.15) is 5.69 Å². The minimum absolute atomic E-state index is 0.117. The molecule has 0 aliphatic rings. The molecule has 4 heteroatoms. The Labute approximate surface area is 117 Å². The van der Waals surface area contributed by atoms with Crippen LogP contribution >= 0.6 is 0 Å². The van der Waals surface area contributed by atoms with E-state index in [1.807, 2.05) is 0 Å². The number of aliphatic hydroxyl groups excluding tert-OH is 1. The number of Topliss-reactive ketones (excluding diaryl/α,β-unsaturated/α-hetero) is 2. The lowest BCUT2D eigenvalue weighted by Gasteiger charge is -2.05. The zero-order valence-corrected chi connectivity index (χ0v) is 11.0. The van der Waals surface area contributed by atoms with Crippen LogP contribution in [0.4, 0.5) is 0 Å². The summed E-state index contributed by atoms with van der Waals surface area (Å²) in [7, 11) is 0. The summed E-state index contributed by atoms with van der Waals surface area (Å²) in [5.41, 5.74) is 1.43. The number of hydrogen-bond donors (Lipinski definition) is 1. The van der Waals surface area contributed by atoms with Crippen molar-refractivity contribution in [3.8, 4) is 0 Å². The van der Waals surface area contributed by atoms with Gasteiger partial charge in [-0.3, -0.25) is 14.6 Å². The highest BCUT2D eigenvalue weighted by molar-refractivity contribution is 6.02. The highest BCUT2D eigenvalue weighted by atomic mass is 16.3. The van der Waals surface area contributed by atoms with Crippen LogP contribution in [-0.2, 0) is 6.61 Å². The van der Waals surface area contributed by atoms with E-state index in [4.69, 9.17) is 0 Å². The topological polar surface area (TPSA) is 67.3 Å². The Bertz CT molecular complexity index is 608. The molecule has 1 heterocycles. The van der Waals surface area contributed by atoms with Gasteiger partial charge in [0.25, 0.3) is 0 Å². The number of carbonyl (C=O) groups excluding carboxylic acids is 2. The molecule has 0 saturated heterocycles. The summed E-state index contributed by atoms with van der Waals surface area (Å²) in [5, 5.41) is 9.19. The number of pyridine rings is 1. The lowest BCUT2D eigenvalue weighted by molar-refractivity contribution is 0.0913. The van der Waals surface area contributed by atoms with Crippen LogP contribution in [0, 0.1) is 0 Å². The van der Waals surface area contributed by atoms with Crippen LogP contribution < -0.4 is 0 Å². The largest absolute Gasteiger partial charge is 0.392 e. The third kappa shape index (κ3) is 3.36. The first-order valence-electron chi connectivity index (χ1n) is 6.38. The van der Waals surface area contributed by atoms with Crippen molar-refractivity contribution < 1.29 is 14.7 Å². The van der Waals surface area contributed by atoms with Crippen molar-refractivity contribution in [3.05, 3.63) is 65.5 Å². The predicted octanol–water partition coefficient (Wildman–Crippen LogP) is 2.42. The number of carbonyl (C=O) groups is 2. The van der Waals surface area contributed by atoms with Crippen LogP contribution in [0.15, 0.2) is 48.7 Å². The summed E-state index contributed by atoms with van der Waals surface area (Å²) in [6.45, 7) is -0.184. The molecule has 0 bridgehead atoms. The lowest BCUT2D eigenvalue weighted by Crippen LogP contribution is -2.08. The molecule has 2 aromatic rings. The predicted molar refractivity (Wildman–Crippen MR) is 74.5 cm³/mol. The summed E-state index contributed by atoms with van der Waals surface area (Å²) in [4.78, 5) is 27.9. The van der Waals surface area contributed by atoms with E-state index in [1.165, 1.54) is 0 Å². The van der Waals surface area contributed by atoms with Gasteiger partial charge in [-0.2, -0.15) is 0 Å². The van der Waals surface area contributed by atoms with E-state index in [1.54, 1.807) is 48.7 Å². The highest BCUT2D eigenvalue weighted by Crippen LogP contribution is 2.13. The number of aromatic nitrogens is 1. The van der Waals surface area contributed by atoms with Gasteiger partial charge in [0, 0.05) is 24.6 Å². The van der Waals surface area contributed by atoms with Crippen LogP contribution in [0.3, 0.4) is 0 Å². The molecular formula is C16H15NO3. The summed E-state index contributed by atoms with van der Waals surface area (Å²) in [6.07, 6.45) is 1.79. The Morgan fingerprint density at radius 2 is 1.65 bits per heavy atom. The Hall–Kier alpha value is -2.33. The number of aliphatic hydroxyl groups is 1. The molecule has 0 spiro atoms. The van der Waals surface area contributed by atoms with Crippen molar-refractivity contribution in [2.24, 2.45) is 0 Å². The fourth-order valence-corrected chi connectivity index (χ4v) is 1.95. The number of benzene rings is 1. The molecule has 0 unspecified atom stereocenters. The molecule has 4 nitrogen and oxygen atoms in total. The average Bonchev–Trinajstić information content (AvgIpc) is 2.53.